The summed E-state index contributed by atoms with van der Waals surface area (Å²) in [5.41, 5.74) is 2.67. The number of hydrogen-bond donors (Lipinski definition) is 1. The maximum Gasteiger partial charge on any atom is 0.300 e. The molecule has 4 rings (SSSR count). The molecule has 3 aromatic rings. The summed E-state index contributed by atoms with van der Waals surface area (Å²) in [7, 11) is 0. The number of ketones is 1. The van der Waals surface area contributed by atoms with Gasteiger partial charge in [-0.2, -0.15) is 5.26 Å². The van der Waals surface area contributed by atoms with Gasteiger partial charge in [0.15, 0.2) is 0 Å². The minimum Gasteiger partial charge on any atom is -0.507 e. The molecule has 0 bridgehead atoms. The molecule has 1 N–H and O–H groups in total. The number of aliphatic hydroxyl groups excluding tert-OH is 1. The van der Waals surface area contributed by atoms with Crippen molar-refractivity contribution in [1.82, 2.24) is 0 Å². The Balaban J connectivity index is 1.85. The Hall–Kier alpha value is -4.57. The van der Waals surface area contributed by atoms with Crippen LogP contribution in [0.15, 0.2) is 72.3 Å². The maximum absolute atomic E-state index is 13.5. The van der Waals surface area contributed by atoms with Gasteiger partial charge >= 0.3 is 0 Å². The number of carbonyl (C=O) groups excluding carboxylic acids is 2. The number of carbonyl (C=O) groups is 2. The van der Waals surface area contributed by atoms with E-state index in [2.05, 4.69) is 19.9 Å². The fourth-order valence-corrected chi connectivity index (χ4v) is 4.48. The molecule has 3 aromatic carbocycles. The monoisotopic (exact) mass is 524 g/mol. The highest BCUT2D eigenvalue weighted by atomic mass is 16.5. The number of rotatable bonds is 9. The molecule has 1 saturated heterocycles. The Morgan fingerprint density at radius 2 is 1.79 bits per heavy atom. The highest BCUT2D eigenvalue weighted by Gasteiger charge is 2.47. The lowest BCUT2D eigenvalue weighted by molar-refractivity contribution is -0.132. The average Bonchev–Trinajstić information content (AvgIpc) is 3.20. The molecule has 0 aliphatic carbocycles. The Bertz CT molecular complexity index is 1450. The molecule has 1 aliphatic heterocycles. The van der Waals surface area contributed by atoms with Crippen molar-refractivity contribution >= 4 is 23.1 Å². The van der Waals surface area contributed by atoms with E-state index in [0.717, 1.165) is 12.0 Å². The summed E-state index contributed by atoms with van der Waals surface area (Å²) in [5, 5.41) is 20.7. The molecular formula is C32H32N2O5. The molecule has 0 saturated carbocycles. The first-order valence-electron chi connectivity index (χ1n) is 13.0. The number of hydrogen-bond acceptors (Lipinski definition) is 6. The Labute approximate surface area is 228 Å². The molecule has 1 fully saturated rings. The number of nitriles is 1. The van der Waals surface area contributed by atoms with E-state index in [0.29, 0.717) is 53.0 Å². The van der Waals surface area contributed by atoms with Gasteiger partial charge in [0, 0.05) is 11.3 Å². The third-order valence-corrected chi connectivity index (χ3v) is 6.39. The summed E-state index contributed by atoms with van der Waals surface area (Å²) >= 11 is 0. The molecule has 1 aliphatic rings. The van der Waals surface area contributed by atoms with Crippen molar-refractivity contribution < 1.29 is 24.2 Å². The van der Waals surface area contributed by atoms with E-state index < -0.39 is 17.7 Å². The fraction of sp³-hybridized carbons (Fsp3) is 0.281. The van der Waals surface area contributed by atoms with Crippen molar-refractivity contribution in [1.29, 1.82) is 5.26 Å². The zero-order valence-corrected chi connectivity index (χ0v) is 22.6. The van der Waals surface area contributed by atoms with Gasteiger partial charge in [0.1, 0.15) is 17.3 Å². The second kappa shape index (κ2) is 11.9. The van der Waals surface area contributed by atoms with E-state index >= 15 is 0 Å². The third-order valence-electron chi connectivity index (χ3n) is 6.39. The zero-order chi connectivity index (χ0) is 28.1. The van der Waals surface area contributed by atoms with Gasteiger partial charge in [-0.15, -0.1) is 0 Å². The Morgan fingerprint density at radius 3 is 2.44 bits per heavy atom. The van der Waals surface area contributed by atoms with Crippen LogP contribution in [-0.2, 0) is 9.59 Å². The molecule has 1 unspecified atom stereocenters. The molecule has 1 amide bonds. The van der Waals surface area contributed by atoms with Crippen molar-refractivity contribution in [2.45, 2.75) is 40.2 Å². The van der Waals surface area contributed by atoms with E-state index in [1.165, 1.54) is 4.90 Å². The van der Waals surface area contributed by atoms with Crippen LogP contribution in [0, 0.1) is 24.2 Å². The molecular weight excluding hydrogens is 492 g/mol. The summed E-state index contributed by atoms with van der Waals surface area (Å²) in [5.74, 6) is -0.183. The molecule has 0 spiro atoms. The zero-order valence-electron chi connectivity index (χ0n) is 22.6. The number of ether oxygens (including phenoxy) is 2. The molecule has 0 radical (unpaired) electrons. The first kappa shape index (κ1) is 27.5. The van der Waals surface area contributed by atoms with E-state index in [1.807, 2.05) is 19.9 Å². The quantitative estimate of drug-likeness (QED) is 0.200. The number of aliphatic hydroxyl groups is 1. The largest absolute Gasteiger partial charge is 0.507 e. The topological polar surface area (TPSA) is 99.9 Å². The van der Waals surface area contributed by atoms with Crippen LogP contribution in [-0.4, -0.2) is 30.0 Å². The van der Waals surface area contributed by atoms with E-state index in [1.54, 1.807) is 60.7 Å². The van der Waals surface area contributed by atoms with Crippen LogP contribution < -0.4 is 14.4 Å². The number of benzene rings is 3. The van der Waals surface area contributed by atoms with E-state index in [-0.39, 0.29) is 11.3 Å². The van der Waals surface area contributed by atoms with Crippen molar-refractivity contribution in [3.8, 4) is 17.6 Å². The molecule has 7 heteroatoms. The summed E-state index contributed by atoms with van der Waals surface area (Å²) < 4.78 is 11.7. The van der Waals surface area contributed by atoms with Crippen LogP contribution in [0.5, 0.6) is 11.5 Å². The summed E-state index contributed by atoms with van der Waals surface area (Å²) in [6.07, 6.45) is 0.824. The summed E-state index contributed by atoms with van der Waals surface area (Å²) in [6.45, 7) is 9.07. The number of aryl methyl sites for hydroxylation is 1. The molecule has 1 heterocycles. The van der Waals surface area contributed by atoms with E-state index in [4.69, 9.17) is 9.47 Å². The Morgan fingerprint density at radius 1 is 1.05 bits per heavy atom. The van der Waals surface area contributed by atoms with Gasteiger partial charge in [0.2, 0.25) is 0 Å². The second-order valence-corrected chi connectivity index (χ2v) is 9.93. The fourth-order valence-electron chi connectivity index (χ4n) is 4.48. The first-order chi connectivity index (χ1) is 18.7. The second-order valence-electron chi connectivity index (χ2n) is 9.93. The lowest BCUT2D eigenvalue weighted by Gasteiger charge is -2.26. The van der Waals surface area contributed by atoms with Gasteiger partial charge in [-0.1, -0.05) is 32.9 Å². The summed E-state index contributed by atoms with van der Waals surface area (Å²) in [6, 6.07) is 20.0. The molecule has 7 nitrogen and oxygen atoms in total. The highest BCUT2D eigenvalue weighted by Crippen LogP contribution is 2.43. The summed E-state index contributed by atoms with van der Waals surface area (Å²) in [4.78, 5) is 28.3. The van der Waals surface area contributed by atoms with Gasteiger partial charge in [-0.25, -0.2) is 0 Å². The van der Waals surface area contributed by atoms with Crippen LogP contribution in [0.25, 0.3) is 5.76 Å². The van der Waals surface area contributed by atoms with Crippen LogP contribution in [0.1, 0.15) is 55.5 Å². The lowest BCUT2D eigenvalue weighted by Crippen LogP contribution is -2.29. The first-order valence-corrected chi connectivity index (χ1v) is 13.0. The molecule has 200 valence electrons. The molecule has 1 atom stereocenters. The highest BCUT2D eigenvalue weighted by molar-refractivity contribution is 6.51. The SMILES string of the molecule is CCCOc1cccc(C2/C(=C(\O)c3ccc(OCC(C)C)c(C)c3)C(=O)C(=O)N2c2ccc(C#N)cc2)c1. The number of anilines is 1. The molecule has 0 aromatic heterocycles. The van der Waals surface area contributed by atoms with Crippen molar-refractivity contribution in [3.05, 3.63) is 94.6 Å². The normalized spacial score (nSPS) is 16.4. The maximum atomic E-state index is 13.5. The smallest absolute Gasteiger partial charge is 0.300 e. The van der Waals surface area contributed by atoms with Gasteiger partial charge in [0.05, 0.1) is 36.5 Å². The average molecular weight is 525 g/mol. The van der Waals surface area contributed by atoms with Crippen molar-refractivity contribution in [2.75, 3.05) is 18.1 Å². The minimum atomic E-state index is -0.903. The molecule has 39 heavy (non-hydrogen) atoms. The van der Waals surface area contributed by atoms with Crippen molar-refractivity contribution in [3.63, 3.8) is 0 Å². The van der Waals surface area contributed by atoms with Crippen LogP contribution in [0.3, 0.4) is 0 Å². The lowest BCUT2D eigenvalue weighted by atomic mass is 9.94. The van der Waals surface area contributed by atoms with Gasteiger partial charge in [0.25, 0.3) is 11.7 Å². The van der Waals surface area contributed by atoms with Gasteiger partial charge in [-0.05, 0) is 85.0 Å². The van der Waals surface area contributed by atoms with Crippen molar-refractivity contribution in [2.24, 2.45) is 5.92 Å². The predicted octanol–water partition coefficient (Wildman–Crippen LogP) is 6.32. The number of Topliss-reactive ketones (excluding diaryl/α,β-unsaturated/α-hetero) is 1. The minimum absolute atomic E-state index is 0.0211. The third kappa shape index (κ3) is 5.80. The van der Waals surface area contributed by atoms with Crippen LogP contribution in [0.2, 0.25) is 0 Å². The number of nitrogens with zero attached hydrogens (tertiary/aromatic N) is 2. The van der Waals surface area contributed by atoms with Gasteiger partial charge in [-0.3, -0.25) is 14.5 Å². The van der Waals surface area contributed by atoms with E-state index in [9.17, 15) is 20.0 Å². The predicted molar refractivity (Wildman–Crippen MR) is 150 cm³/mol. The number of amides is 1. The van der Waals surface area contributed by atoms with Gasteiger partial charge < -0.3 is 14.6 Å². The van der Waals surface area contributed by atoms with Crippen LogP contribution in [0.4, 0.5) is 5.69 Å². The Kier molecular flexibility index (Phi) is 8.36. The standard InChI is InChI=1S/C32H32N2O5/c1-5-15-38-26-8-6-7-23(17-26)29-28(30(35)24-11-14-27(21(4)16-24)39-19-20(2)3)31(36)32(37)34(29)25-12-9-22(18-33)10-13-25/h6-14,16-17,20,29,35H,5,15,19H2,1-4H3/b30-28+. The van der Waals surface area contributed by atoms with Crippen LogP contribution >= 0.6 is 0 Å².